The summed E-state index contributed by atoms with van der Waals surface area (Å²) in [6.45, 7) is 2.88. The maximum absolute atomic E-state index is 10.8. The minimum absolute atomic E-state index is 0. The van der Waals surface area contributed by atoms with Gasteiger partial charge in [-0.2, -0.15) is 0 Å². The highest BCUT2D eigenvalue weighted by Crippen LogP contribution is 2.06. The normalized spacial score (nSPS) is 19.2. The molecule has 0 bridgehead atoms. The van der Waals surface area contributed by atoms with Crippen LogP contribution in [0.2, 0.25) is 0 Å². The summed E-state index contributed by atoms with van der Waals surface area (Å²) in [6, 6.07) is 0. The summed E-state index contributed by atoms with van der Waals surface area (Å²) in [5.74, 6) is -0.115. The zero-order valence-corrected chi connectivity index (χ0v) is 10.7. The number of unbranched alkanes of at least 4 members (excludes halogenated alkanes) is 2. The Balaban J connectivity index is 0.00000225. The van der Waals surface area contributed by atoms with Crippen LogP contribution in [0, 0.1) is 0 Å². The second-order valence-corrected chi connectivity index (χ2v) is 3.87. The number of nitrogens with one attached hydrogen (secondary N) is 1. The SMILES string of the molecule is COC(=O)CCCCCO[C@@H]1CCNC1.Cl. The topological polar surface area (TPSA) is 47.6 Å². The van der Waals surface area contributed by atoms with E-state index in [4.69, 9.17) is 4.74 Å². The number of rotatable bonds is 7. The molecule has 0 aromatic carbocycles. The Hall–Kier alpha value is -0.320. The summed E-state index contributed by atoms with van der Waals surface area (Å²) in [5.41, 5.74) is 0. The van der Waals surface area contributed by atoms with Crippen molar-refractivity contribution in [3.05, 3.63) is 0 Å². The predicted octanol–water partition coefficient (Wildman–Crippen LogP) is 1.52. The third kappa shape index (κ3) is 7.04. The third-order valence-corrected chi connectivity index (χ3v) is 2.62. The quantitative estimate of drug-likeness (QED) is 0.551. The Kier molecular flexibility index (Phi) is 9.68. The molecule has 1 N–H and O–H groups in total. The average Bonchev–Trinajstić information content (AvgIpc) is 2.75. The van der Waals surface area contributed by atoms with Gasteiger partial charge in [0.05, 0.1) is 13.2 Å². The summed E-state index contributed by atoms with van der Waals surface area (Å²) < 4.78 is 10.2. The molecule has 0 unspecified atom stereocenters. The zero-order valence-electron chi connectivity index (χ0n) is 9.87. The fourth-order valence-corrected chi connectivity index (χ4v) is 1.67. The highest BCUT2D eigenvalue weighted by molar-refractivity contribution is 5.85. The molecule has 1 saturated heterocycles. The van der Waals surface area contributed by atoms with E-state index >= 15 is 0 Å². The van der Waals surface area contributed by atoms with Crippen LogP contribution >= 0.6 is 12.4 Å². The van der Waals surface area contributed by atoms with Crippen LogP contribution in [0.25, 0.3) is 0 Å². The number of carbonyl (C=O) groups is 1. The average molecular weight is 252 g/mol. The standard InChI is InChI=1S/C11H21NO3.ClH/c1-14-11(13)5-3-2-4-8-15-10-6-7-12-9-10;/h10,12H,2-9H2,1H3;1H/t10-;/m1./s1. The molecule has 1 fully saturated rings. The molecule has 0 saturated carbocycles. The molecule has 1 aliphatic rings. The summed E-state index contributed by atoms with van der Waals surface area (Å²) in [4.78, 5) is 10.8. The lowest BCUT2D eigenvalue weighted by molar-refractivity contribution is -0.140. The predicted molar refractivity (Wildman–Crippen MR) is 65.0 cm³/mol. The number of methoxy groups -OCH3 is 1. The Morgan fingerprint density at radius 2 is 2.19 bits per heavy atom. The summed E-state index contributed by atoms with van der Waals surface area (Å²) in [6.07, 6.45) is 5.04. The third-order valence-electron chi connectivity index (χ3n) is 2.62. The molecule has 0 aliphatic carbocycles. The van der Waals surface area contributed by atoms with Gasteiger partial charge in [-0.15, -0.1) is 12.4 Å². The van der Waals surface area contributed by atoms with E-state index in [0.717, 1.165) is 45.4 Å². The van der Waals surface area contributed by atoms with Gasteiger partial charge < -0.3 is 14.8 Å². The molecule has 16 heavy (non-hydrogen) atoms. The molecular weight excluding hydrogens is 230 g/mol. The Morgan fingerprint density at radius 3 is 2.81 bits per heavy atom. The van der Waals surface area contributed by atoms with E-state index in [9.17, 15) is 4.79 Å². The van der Waals surface area contributed by atoms with Crippen molar-refractivity contribution in [2.45, 2.75) is 38.2 Å². The molecule has 4 nitrogen and oxygen atoms in total. The van der Waals surface area contributed by atoms with Crippen molar-refractivity contribution in [3.63, 3.8) is 0 Å². The van der Waals surface area contributed by atoms with Gasteiger partial charge in [0.15, 0.2) is 0 Å². The second kappa shape index (κ2) is 9.87. The van der Waals surface area contributed by atoms with Crippen molar-refractivity contribution in [1.29, 1.82) is 0 Å². The first-order chi connectivity index (χ1) is 7.33. The van der Waals surface area contributed by atoms with Crippen molar-refractivity contribution in [2.75, 3.05) is 26.8 Å². The molecular formula is C11H22ClNO3. The van der Waals surface area contributed by atoms with Crippen molar-refractivity contribution in [2.24, 2.45) is 0 Å². The summed E-state index contributed by atoms with van der Waals surface area (Å²) in [7, 11) is 1.43. The maximum Gasteiger partial charge on any atom is 0.305 e. The number of hydrogen-bond acceptors (Lipinski definition) is 4. The van der Waals surface area contributed by atoms with E-state index in [-0.39, 0.29) is 18.4 Å². The minimum atomic E-state index is -0.115. The van der Waals surface area contributed by atoms with E-state index < -0.39 is 0 Å². The Labute approximate surface area is 103 Å². The van der Waals surface area contributed by atoms with Gasteiger partial charge in [-0.05, 0) is 25.8 Å². The lowest BCUT2D eigenvalue weighted by atomic mass is 10.2. The fraction of sp³-hybridized carbons (Fsp3) is 0.909. The highest BCUT2D eigenvalue weighted by atomic mass is 35.5. The number of hydrogen-bond donors (Lipinski definition) is 1. The minimum Gasteiger partial charge on any atom is -0.469 e. The Bertz CT molecular complexity index is 184. The van der Waals surface area contributed by atoms with E-state index in [0.29, 0.717) is 12.5 Å². The van der Waals surface area contributed by atoms with Crippen LogP contribution in [-0.2, 0) is 14.3 Å². The van der Waals surface area contributed by atoms with Crippen LogP contribution in [0.3, 0.4) is 0 Å². The van der Waals surface area contributed by atoms with Gasteiger partial charge in [0.1, 0.15) is 0 Å². The van der Waals surface area contributed by atoms with Crippen molar-refractivity contribution in [1.82, 2.24) is 5.32 Å². The van der Waals surface area contributed by atoms with E-state index in [2.05, 4.69) is 10.1 Å². The highest BCUT2D eigenvalue weighted by Gasteiger charge is 2.13. The number of ether oxygens (including phenoxy) is 2. The van der Waals surface area contributed by atoms with Gasteiger partial charge >= 0.3 is 5.97 Å². The fourth-order valence-electron chi connectivity index (χ4n) is 1.67. The Morgan fingerprint density at radius 1 is 1.38 bits per heavy atom. The maximum atomic E-state index is 10.8. The summed E-state index contributed by atoms with van der Waals surface area (Å²) in [5, 5.41) is 3.26. The molecule has 1 heterocycles. The zero-order chi connectivity index (χ0) is 10.9. The molecule has 0 radical (unpaired) electrons. The van der Waals surface area contributed by atoms with Crippen LogP contribution in [0.4, 0.5) is 0 Å². The first-order valence-electron chi connectivity index (χ1n) is 5.72. The van der Waals surface area contributed by atoms with Gasteiger partial charge in [-0.25, -0.2) is 0 Å². The van der Waals surface area contributed by atoms with Crippen molar-refractivity contribution in [3.8, 4) is 0 Å². The van der Waals surface area contributed by atoms with Crippen LogP contribution in [0.15, 0.2) is 0 Å². The van der Waals surface area contributed by atoms with E-state index in [1.807, 2.05) is 0 Å². The van der Waals surface area contributed by atoms with Gasteiger partial charge in [0.25, 0.3) is 0 Å². The number of halogens is 1. The molecule has 1 rings (SSSR count). The summed E-state index contributed by atoms with van der Waals surface area (Å²) >= 11 is 0. The number of carbonyl (C=O) groups excluding carboxylic acids is 1. The molecule has 1 atom stereocenters. The molecule has 0 amide bonds. The van der Waals surface area contributed by atoms with E-state index in [1.165, 1.54) is 7.11 Å². The smallest absolute Gasteiger partial charge is 0.305 e. The lowest BCUT2D eigenvalue weighted by Crippen LogP contribution is -2.17. The largest absolute Gasteiger partial charge is 0.469 e. The molecule has 0 aromatic heterocycles. The molecule has 5 heteroatoms. The molecule has 1 aliphatic heterocycles. The molecule has 0 spiro atoms. The monoisotopic (exact) mass is 251 g/mol. The van der Waals surface area contributed by atoms with Crippen molar-refractivity contribution >= 4 is 18.4 Å². The van der Waals surface area contributed by atoms with Crippen molar-refractivity contribution < 1.29 is 14.3 Å². The van der Waals surface area contributed by atoms with Crippen LogP contribution < -0.4 is 5.32 Å². The van der Waals surface area contributed by atoms with E-state index in [1.54, 1.807) is 0 Å². The first kappa shape index (κ1) is 15.7. The molecule has 0 aromatic rings. The van der Waals surface area contributed by atoms with Gasteiger partial charge in [-0.3, -0.25) is 4.79 Å². The van der Waals surface area contributed by atoms with Crippen LogP contribution in [0.1, 0.15) is 32.1 Å². The van der Waals surface area contributed by atoms with Gasteiger partial charge in [0, 0.05) is 19.6 Å². The van der Waals surface area contributed by atoms with Gasteiger partial charge in [0.2, 0.25) is 0 Å². The van der Waals surface area contributed by atoms with Crippen LogP contribution in [-0.4, -0.2) is 38.9 Å². The second-order valence-electron chi connectivity index (χ2n) is 3.87. The lowest BCUT2D eigenvalue weighted by Gasteiger charge is -2.09. The first-order valence-corrected chi connectivity index (χ1v) is 5.72. The number of esters is 1. The molecule has 96 valence electrons. The van der Waals surface area contributed by atoms with Gasteiger partial charge in [-0.1, -0.05) is 6.42 Å². The van der Waals surface area contributed by atoms with Crippen LogP contribution in [0.5, 0.6) is 0 Å².